The van der Waals surface area contributed by atoms with Crippen molar-refractivity contribution in [2.45, 2.75) is 77.7 Å². The molecule has 24 heavy (non-hydrogen) atoms. The fourth-order valence-electron chi connectivity index (χ4n) is 3.66. The first-order chi connectivity index (χ1) is 11.4. The molecule has 2 fully saturated rings. The highest BCUT2D eigenvalue weighted by Gasteiger charge is 2.44. The van der Waals surface area contributed by atoms with Crippen molar-refractivity contribution < 1.29 is 23.8 Å². The summed E-state index contributed by atoms with van der Waals surface area (Å²) in [7, 11) is 0. The minimum absolute atomic E-state index is 0.294. The number of carbonyl (C=O) groups excluding carboxylic acids is 2. The molecule has 1 heterocycles. The van der Waals surface area contributed by atoms with Crippen molar-refractivity contribution in [1.29, 1.82) is 0 Å². The molecule has 138 valence electrons. The zero-order chi connectivity index (χ0) is 17.6. The lowest BCUT2D eigenvalue weighted by Crippen LogP contribution is -2.48. The van der Waals surface area contributed by atoms with Crippen LogP contribution in [0.15, 0.2) is 0 Å². The van der Waals surface area contributed by atoms with Crippen LogP contribution in [0.2, 0.25) is 0 Å². The second kappa shape index (κ2) is 8.32. The number of hydrogen-bond acceptors (Lipinski definition) is 5. The van der Waals surface area contributed by atoms with Gasteiger partial charge in [0.2, 0.25) is 0 Å². The summed E-state index contributed by atoms with van der Waals surface area (Å²) in [6, 6.07) is 0. The van der Waals surface area contributed by atoms with Crippen molar-refractivity contribution in [3.8, 4) is 0 Å². The van der Waals surface area contributed by atoms with Gasteiger partial charge in [0.05, 0.1) is 18.6 Å². The molecule has 1 aliphatic heterocycles. The number of ether oxygens (including phenoxy) is 3. The molecular weight excluding hydrogens is 308 g/mol. The third-order valence-corrected chi connectivity index (χ3v) is 5.76. The summed E-state index contributed by atoms with van der Waals surface area (Å²) in [5.41, 5.74) is -0.998. The van der Waals surface area contributed by atoms with Crippen LogP contribution in [-0.2, 0) is 23.8 Å². The highest BCUT2D eigenvalue weighted by molar-refractivity contribution is 5.79. The Morgan fingerprint density at radius 2 is 1.75 bits per heavy atom. The molecular formula is C19H32O5. The van der Waals surface area contributed by atoms with Gasteiger partial charge >= 0.3 is 11.9 Å². The van der Waals surface area contributed by atoms with E-state index >= 15 is 0 Å². The van der Waals surface area contributed by atoms with Gasteiger partial charge in [0.25, 0.3) is 0 Å². The van der Waals surface area contributed by atoms with Gasteiger partial charge in [-0.15, -0.1) is 0 Å². The number of hydrogen-bond donors (Lipinski definition) is 0. The molecule has 1 saturated heterocycles. The van der Waals surface area contributed by atoms with Gasteiger partial charge < -0.3 is 14.2 Å². The summed E-state index contributed by atoms with van der Waals surface area (Å²) in [4.78, 5) is 24.4. The summed E-state index contributed by atoms with van der Waals surface area (Å²) in [5.74, 6) is -0.370. The first-order valence-electron chi connectivity index (χ1n) is 9.36. The Balaban J connectivity index is 1.94. The maximum absolute atomic E-state index is 12.3. The molecule has 5 heteroatoms. The number of carbonyl (C=O) groups is 2. The lowest BCUT2D eigenvalue weighted by Gasteiger charge is -2.44. The average Bonchev–Trinajstić information content (AvgIpc) is 2.61. The molecule has 0 radical (unpaired) electrons. The first kappa shape index (κ1) is 19.2. The summed E-state index contributed by atoms with van der Waals surface area (Å²) < 4.78 is 16.6. The van der Waals surface area contributed by atoms with Gasteiger partial charge in [0, 0.05) is 12.8 Å². The molecule has 1 saturated carbocycles. The Morgan fingerprint density at radius 3 is 2.33 bits per heavy atom. The average molecular weight is 340 g/mol. The topological polar surface area (TPSA) is 61.8 Å². The molecule has 0 aromatic carbocycles. The van der Waals surface area contributed by atoms with Crippen molar-refractivity contribution >= 4 is 11.9 Å². The van der Waals surface area contributed by atoms with Gasteiger partial charge in [0.1, 0.15) is 5.60 Å². The van der Waals surface area contributed by atoms with Crippen LogP contribution < -0.4 is 0 Å². The minimum atomic E-state index is -0.569. The molecule has 2 rings (SSSR count). The third-order valence-electron chi connectivity index (χ3n) is 5.76. The maximum Gasteiger partial charge on any atom is 0.344 e. The largest absolute Gasteiger partial charge is 0.456 e. The van der Waals surface area contributed by atoms with Crippen LogP contribution in [0.25, 0.3) is 0 Å². The third kappa shape index (κ3) is 4.71. The molecule has 0 spiro atoms. The predicted octanol–water partition coefficient (Wildman–Crippen LogP) is 3.64. The molecule has 0 amide bonds. The van der Waals surface area contributed by atoms with Crippen LogP contribution in [0.4, 0.5) is 0 Å². The monoisotopic (exact) mass is 340 g/mol. The van der Waals surface area contributed by atoms with Gasteiger partial charge in [-0.2, -0.15) is 0 Å². The van der Waals surface area contributed by atoms with E-state index in [2.05, 4.69) is 0 Å². The Morgan fingerprint density at radius 1 is 1.12 bits per heavy atom. The van der Waals surface area contributed by atoms with Gasteiger partial charge in [0.15, 0.2) is 6.61 Å². The fourth-order valence-corrected chi connectivity index (χ4v) is 3.66. The predicted molar refractivity (Wildman–Crippen MR) is 90.5 cm³/mol. The fraction of sp³-hybridized carbons (Fsp3) is 0.895. The quantitative estimate of drug-likeness (QED) is 0.691. The van der Waals surface area contributed by atoms with E-state index in [1.165, 1.54) is 19.3 Å². The van der Waals surface area contributed by atoms with E-state index in [0.717, 1.165) is 25.7 Å². The zero-order valence-corrected chi connectivity index (χ0v) is 15.4. The lowest BCUT2D eigenvalue weighted by atomic mass is 9.73. The van der Waals surface area contributed by atoms with Crippen molar-refractivity contribution in [1.82, 2.24) is 0 Å². The van der Waals surface area contributed by atoms with E-state index in [9.17, 15) is 9.59 Å². The molecule has 0 N–H and O–H groups in total. The lowest BCUT2D eigenvalue weighted by molar-refractivity contribution is -0.189. The summed E-state index contributed by atoms with van der Waals surface area (Å²) in [6.07, 6.45) is 8.04. The van der Waals surface area contributed by atoms with Gasteiger partial charge in [-0.1, -0.05) is 26.2 Å². The summed E-state index contributed by atoms with van der Waals surface area (Å²) in [6.45, 7) is 6.54. The maximum atomic E-state index is 12.3. The van der Waals surface area contributed by atoms with E-state index in [1.54, 1.807) is 0 Å². The molecule has 5 nitrogen and oxygen atoms in total. The summed E-state index contributed by atoms with van der Waals surface area (Å²) in [5, 5.41) is 0. The SMILES string of the molecule is CCC(C)(C)C(=O)OCC(=O)OC1(C2CCCCC2)CCOCC1. The summed E-state index contributed by atoms with van der Waals surface area (Å²) >= 11 is 0. The van der Waals surface area contributed by atoms with E-state index in [0.29, 0.717) is 25.6 Å². The number of esters is 2. The van der Waals surface area contributed by atoms with Crippen molar-refractivity contribution in [3.63, 3.8) is 0 Å². The number of rotatable bonds is 6. The molecule has 2 aliphatic rings. The van der Waals surface area contributed by atoms with E-state index in [1.807, 2.05) is 20.8 Å². The molecule has 0 atom stereocenters. The zero-order valence-electron chi connectivity index (χ0n) is 15.4. The minimum Gasteiger partial charge on any atom is -0.456 e. The Labute approximate surface area is 145 Å². The van der Waals surface area contributed by atoms with E-state index in [-0.39, 0.29) is 12.6 Å². The van der Waals surface area contributed by atoms with Gasteiger partial charge in [-0.25, -0.2) is 4.79 Å². The van der Waals surface area contributed by atoms with E-state index < -0.39 is 17.0 Å². The van der Waals surface area contributed by atoms with Crippen LogP contribution in [0.3, 0.4) is 0 Å². The van der Waals surface area contributed by atoms with Gasteiger partial charge in [-0.05, 0) is 39.0 Å². The van der Waals surface area contributed by atoms with Crippen molar-refractivity contribution in [3.05, 3.63) is 0 Å². The highest BCUT2D eigenvalue weighted by Crippen LogP contribution is 2.41. The second-order valence-corrected chi connectivity index (χ2v) is 7.80. The van der Waals surface area contributed by atoms with Crippen LogP contribution in [-0.4, -0.2) is 37.4 Å². The van der Waals surface area contributed by atoms with Crippen molar-refractivity contribution in [2.24, 2.45) is 11.3 Å². The van der Waals surface area contributed by atoms with Crippen molar-refractivity contribution in [2.75, 3.05) is 19.8 Å². The molecule has 0 unspecified atom stereocenters. The smallest absolute Gasteiger partial charge is 0.344 e. The Bertz CT molecular complexity index is 431. The van der Waals surface area contributed by atoms with Crippen LogP contribution in [0, 0.1) is 11.3 Å². The molecule has 0 bridgehead atoms. The first-order valence-corrected chi connectivity index (χ1v) is 9.36. The Hall–Kier alpha value is -1.10. The van der Waals surface area contributed by atoms with Crippen LogP contribution in [0.1, 0.15) is 72.1 Å². The molecule has 1 aliphatic carbocycles. The van der Waals surface area contributed by atoms with E-state index in [4.69, 9.17) is 14.2 Å². The normalized spacial score (nSPS) is 22.0. The molecule has 0 aromatic rings. The molecule has 0 aromatic heterocycles. The Kier molecular flexibility index (Phi) is 6.67. The highest BCUT2D eigenvalue weighted by atomic mass is 16.6. The van der Waals surface area contributed by atoms with Gasteiger partial charge in [-0.3, -0.25) is 4.79 Å². The standard InChI is InChI=1S/C19H32O5/c1-4-18(2,3)17(21)23-14-16(20)24-19(10-12-22-13-11-19)15-8-6-5-7-9-15/h15H,4-14H2,1-3H3. The van der Waals surface area contributed by atoms with Crippen LogP contribution in [0.5, 0.6) is 0 Å². The second-order valence-electron chi connectivity index (χ2n) is 7.80. The van der Waals surface area contributed by atoms with Crippen LogP contribution >= 0.6 is 0 Å².